The van der Waals surface area contributed by atoms with E-state index in [4.69, 9.17) is 9.47 Å². The third-order valence-electron chi connectivity index (χ3n) is 9.75. The topological polar surface area (TPSA) is 157 Å². The van der Waals surface area contributed by atoms with Crippen LogP contribution in [0.1, 0.15) is 168 Å². The van der Waals surface area contributed by atoms with E-state index >= 15 is 0 Å². The van der Waals surface area contributed by atoms with Crippen molar-refractivity contribution in [2.24, 2.45) is 0 Å². The Morgan fingerprint density at radius 2 is 1.13 bits per heavy atom. The van der Waals surface area contributed by atoms with Gasteiger partial charge in [0.2, 0.25) is 5.79 Å². The summed E-state index contributed by atoms with van der Waals surface area (Å²) in [4.78, 5) is 11.7. The minimum absolute atomic E-state index is 0.211. The SMILES string of the molecule is CCCCCCCCCC[C@@H](O)[C@@H](O)CC[C@H](O)[C@@H]1CC[C@@H]([C@@H](O)CCCCCCCCCCC(O)CC2=CC(C)(O)OC2=O)O1. The molecule has 0 aromatic heterocycles. The van der Waals surface area contributed by atoms with Gasteiger partial charge in [-0.15, -0.1) is 0 Å². The summed E-state index contributed by atoms with van der Waals surface area (Å²) in [7, 11) is 0. The maximum Gasteiger partial charge on any atom is 0.336 e. The van der Waals surface area contributed by atoms with E-state index in [1.807, 2.05) is 0 Å². The van der Waals surface area contributed by atoms with Crippen LogP contribution in [0.2, 0.25) is 0 Å². The Balaban J connectivity index is 1.43. The number of esters is 1. The Morgan fingerprint density at radius 1 is 0.674 bits per heavy atom. The molecule has 0 aliphatic carbocycles. The molecule has 0 radical (unpaired) electrons. The van der Waals surface area contributed by atoms with E-state index in [0.29, 0.717) is 44.1 Å². The van der Waals surface area contributed by atoms with Gasteiger partial charge in [0.1, 0.15) is 0 Å². The molecule has 2 aliphatic heterocycles. The molecule has 0 saturated carbocycles. The van der Waals surface area contributed by atoms with E-state index < -0.39 is 42.3 Å². The Bertz CT molecular complexity index is 832. The maximum atomic E-state index is 11.7. The zero-order valence-corrected chi connectivity index (χ0v) is 29.0. The number of carbonyl (C=O) groups excluding carboxylic acids is 1. The molecule has 2 heterocycles. The lowest BCUT2D eigenvalue weighted by atomic mass is 9.97. The number of rotatable bonds is 28. The second-order valence-corrected chi connectivity index (χ2v) is 14.3. The zero-order valence-electron chi connectivity index (χ0n) is 29.0. The molecule has 0 bridgehead atoms. The van der Waals surface area contributed by atoms with Crippen molar-refractivity contribution in [3.63, 3.8) is 0 Å². The highest BCUT2D eigenvalue weighted by Crippen LogP contribution is 2.29. The largest absolute Gasteiger partial charge is 0.426 e. The molecule has 2 aliphatic rings. The molecule has 46 heavy (non-hydrogen) atoms. The fraction of sp³-hybridized carbons (Fsp3) is 0.919. The van der Waals surface area contributed by atoms with Crippen molar-refractivity contribution >= 4 is 5.97 Å². The maximum absolute atomic E-state index is 11.7. The Morgan fingerprint density at radius 3 is 1.65 bits per heavy atom. The first-order valence-electron chi connectivity index (χ1n) is 18.8. The van der Waals surface area contributed by atoms with Crippen molar-refractivity contribution in [3.8, 4) is 0 Å². The van der Waals surface area contributed by atoms with Crippen molar-refractivity contribution in [2.45, 2.75) is 216 Å². The van der Waals surface area contributed by atoms with Gasteiger partial charge < -0.3 is 40.1 Å². The van der Waals surface area contributed by atoms with Crippen LogP contribution in [0.25, 0.3) is 0 Å². The van der Waals surface area contributed by atoms with Crippen LogP contribution in [-0.2, 0) is 14.3 Å². The molecular formula is C37H68O9. The van der Waals surface area contributed by atoms with Crippen molar-refractivity contribution in [2.75, 3.05) is 0 Å². The molecule has 9 nitrogen and oxygen atoms in total. The van der Waals surface area contributed by atoms with Gasteiger partial charge in [-0.3, -0.25) is 0 Å². The minimum Gasteiger partial charge on any atom is -0.426 e. The molecule has 2 unspecified atom stereocenters. The van der Waals surface area contributed by atoms with Crippen LogP contribution in [0.4, 0.5) is 0 Å². The molecule has 2 rings (SSSR count). The van der Waals surface area contributed by atoms with Crippen molar-refractivity contribution in [1.82, 2.24) is 0 Å². The lowest BCUT2D eigenvalue weighted by Crippen LogP contribution is -2.33. The molecule has 0 aromatic rings. The highest BCUT2D eigenvalue weighted by Gasteiger charge is 2.35. The lowest BCUT2D eigenvalue weighted by molar-refractivity contribution is -0.173. The average molecular weight is 657 g/mol. The Labute approximate surface area is 278 Å². The summed E-state index contributed by atoms with van der Waals surface area (Å²) in [6.45, 7) is 3.62. The molecule has 0 aromatic carbocycles. The lowest BCUT2D eigenvalue weighted by Gasteiger charge is -2.24. The van der Waals surface area contributed by atoms with Crippen LogP contribution in [0.5, 0.6) is 0 Å². The van der Waals surface area contributed by atoms with E-state index in [0.717, 1.165) is 70.6 Å². The standard InChI is InChI=1S/C37H68O9/c1-3-4-5-6-7-11-14-17-20-30(39)31(40)22-23-33(42)35-25-24-34(45-35)32(41)21-18-15-12-9-8-10-13-16-19-29(38)26-28-27-37(2,44)46-36(28)43/h27,29-35,38-42,44H,3-26H2,1-2H3/t29?,30-,31+,32+,33+,34+,35+,37?/m1/s1. The average Bonchev–Trinajstić information content (AvgIpc) is 3.61. The van der Waals surface area contributed by atoms with Gasteiger partial charge in [-0.2, -0.15) is 0 Å². The van der Waals surface area contributed by atoms with Gasteiger partial charge in [0.25, 0.3) is 0 Å². The summed E-state index contributed by atoms with van der Waals surface area (Å²) >= 11 is 0. The number of aliphatic hydroxyl groups excluding tert-OH is 5. The van der Waals surface area contributed by atoms with Gasteiger partial charge in [-0.05, 0) is 51.0 Å². The second-order valence-electron chi connectivity index (χ2n) is 14.3. The molecular weight excluding hydrogens is 588 g/mol. The van der Waals surface area contributed by atoms with Gasteiger partial charge in [-0.25, -0.2) is 4.79 Å². The third-order valence-corrected chi connectivity index (χ3v) is 9.75. The van der Waals surface area contributed by atoms with Crippen LogP contribution in [0.3, 0.4) is 0 Å². The van der Waals surface area contributed by atoms with E-state index in [2.05, 4.69) is 6.92 Å². The first-order chi connectivity index (χ1) is 22.0. The Hall–Kier alpha value is -1.07. The summed E-state index contributed by atoms with van der Waals surface area (Å²) in [5.41, 5.74) is 0.340. The monoisotopic (exact) mass is 656 g/mol. The highest BCUT2D eigenvalue weighted by atomic mass is 16.7. The Kier molecular flexibility index (Phi) is 20.8. The van der Waals surface area contributed by atoms with Gasteiger partial charge >= 0.3 is 5.97 Å². The van der Waals surface area contributed by atoms with Crippen LogP contribution < -0.4 is 0 Å². The molecule has 1 saturated heterocycles. The third kappa shape index (κ3) is 17.4. The second kappa shape index (κ2) is 23.3. The van der Waals surface area contributed by atoms with Gasteiger partial charge in [0, 0.05) is 18.9 Å². The fourth-order valence-corrected chi connectivity index (χ4v) is 6.80. The number of cyclic esters (lactones) is 1. The molecule has 9 heteroatoms. The van der Waals surface area contributed by atoms with Gasteiger partial charge in [0.05, 0.1) is 42.7 Å². The first kappa shape index (κ1) is 41.1. The van der Waals surface area contributed by atoms with Crippen molar-refractivity contribution in [1.29, 1.82) is 0 Å². The van der Waals surface area contributed by atoms with E-state index in [1.54, 1.807) is 0 Å². The molecule has 0 spiro atoms. The smallest absolute Gasteiger partial charge is 0.336 e. The summed E-state index contributed by atoms with van der Waals surface area (Å²) in [6, 6.07) is 0. The predicted octanol–water partition coefficient (Wildman–Crippen LogP) is 6.13. The number of unbranched alkanes of at least 4 members (excludes halogenated alkanes) is 14. The molecule has 270 valence electrons. The first-order valence-corrected chi connectivity index (χ1v) is 18.8. The molecule has 0 amide bonds. The summed E-state index contributed by atoms with van der Waals surface area (Å²) in [5, 5.41) is 61.9. The van der Waals surface area contributed by atoms with Gasteiger partial charge in [0.15, 0.2) is 0 Å². The molecule has 1 fully saturated rings. The number of hydrogen-bond acceptors (Lipinski definition) is 9. The van der Waals surface area contributed by atoms with Gasteiger partial charge in [-0.1, -0.05) is 110 Å². The normalized spacial score (nSPS) is 24.9. The van der Waals surface area contributed by atoms with E-state index in [1.165, 1.54) is 51.5 Å². The van der Waals surface area contributed by atoms with Crippen molar-refractivity contribution in [3.05, 3.63) is 11.6 Å². The fourth-order valence-electron chi connectivity index (χ4n) is 6.80. The molecule has 8 atom stereocenters. The van der Waals surface area contributed by atoms with Crippen LogP contribution in [0, 0.1) is 0 Å². The number of carbonyl (C=O) groups is 1. The highest BCUT2D eigenvalue weighted by molar-refractivity contribution is 5.91. The van der Waals surface area contributed by atoms with Crippen molar-refractivity contribution < 1.29 is 44.9 Å². The number of aliphatic hydroxyl groups is 6. The summed E-state index contributed by atoms with van der Waals surface area (Å²) < 4.78 is 10.8. The van der Waals surface area contributed by atoms with Crippen LogP contribution >= 0.6 is 0 Å². The minimum atomic E-state index is -1.56. The number of ether oxygens (including phenoxy) is 2. The van der Waals surface area contributed by atoms with Crippen LogP contribution in [-0.4, -0.2) is 85.1 Å². The number of hydrogen-bond donors (Lipinski definition) is 6. The quantitative estimate of drug-likeness (QED) is 0.0431. The molecule has 6 N–H and O–H groups in total. The predicted molar refractivity (Wildman–Crippen MR) is 180 cm³/mol. The van der Waals surface area contributed by atoms with E-state index in [9.17, 15) is 35.4 Å². The van der Waals surface area contributed by atoms with E-state index in [-0.39, 0.29) is 18.6 Å². The summed E-state index contributed by atoms with van der Waals surface area (Å²) in [5.74, 6) is -2.12. The van der Waals surface area contributed by atoms with Crippen LogP contribution in [0.15, 0.2) is 11.6 Å². The summed E-state index contributed by atoms with van der Waals surface area (Å²) in [6.07, 6.45) is 19.6. The zero-order chi connectivity index (χ0) is 33.8.